The number of hydrogen-bond donors (Lipinski definition) is 2. The number of aromatic amines is 1. The second-order valence-electron chi connectivity index (χ2n) is 6.32. The fourth-order valence-corrected chi connectivity index (χ4v) is 3.85. The third-order valence-electron chi connectivity index (χ3n) is 5.10. The molecule has 2 aliphatic rings. The van der Waals surface area contributed by atoms with E-state index >= 15 is 0 Å². The molecule has 1 aliphatic heterocycles. The van der Waals surface area contributed by atoms with Crippen molar-refractivity contribution >= 4 is 17.0 Å². The van der Waals surface area contributed by atoms with Crippen LogP contribution in [0.4, 0.5) is 5.95 Å². The molecule has 1 saturated heterocycles. The van der Waals surface area contributed by atoms with Crippen LogP contribution in [0.5, 0.6) is 0 Å². The molecule has 1 aliphatic carbocycles. The van der Waals surface area contributed by atoms with E-state index in [-0.39, 0.29) is 0 Å². The van der Waals surface area contributed by atoms with Crippen molar-refractivity contribution in [2.75, 3.05) is 18.0 Å². The van der Waals surface area contributed by atoms with Gasteiger partial charge in [-0.1, -0.05) is 25.0 Å². The number of imidazole rings is 1. The number of piperidine rings is 1. The minimum absolute atomic E-state index is 0.401. The van der Waals surface area contributed by atoms with Gasteiger partial charge in [0, 0.05) is 19.0 Å². The number of H-pyrrole nitrogens is 1. The summed E-state index contributed by atoms with van der Waals surface area (Å²) in [7, 11) is 0. The summed E-state index contributed by atoms with van der Waals surface area (Å²) < 4.78 is 0. The second kappa shape index (κ2) is 4.48. The van der Waals surface area contributed by atoms with Crippen LogP contribution in [-0.2, 0) is 0 Å². The Labute approximate surface area is 118 Å². The van der Waals surface area contributed by atoms with E-state index in [0.29, 0.717) is 5.92 Å². The predicted molar refractivity (Wildman–Crippen MR) is 79.8 cm³/mol. The molecule has 2 unspecified atom stereocenters. The quantitative estimate of drug-likeness (QED) is 0.838. The topological polar surface area (TPSA) is 52.1 Å². The van der Waals surface area contributed by atoms with Gasteiger partial charge < -0.3 is 15.0 Å². The van der Waals surface area contributed by atoms with Crippen molar-refractivity contribution < 1.29 is 5.11 Å². The third kappa shape index (κ3) is 1.90. The highest BCUT2D eigenvalue weighted by molar-refractivity contribution is 5.77. The molecule has 2 heterocycles. The Hall–Kier alpha value is -1.55. The zero-order valence-electron chi connectivity index (χ0n) is 11.7. The van der Waals surface area contributed by atoms with Crippen molar-refractivity contribution in [2.45, 2.75) is 37.7 Å². The Bertz CT molecular complexity index is 590. The molecule has 1 aromatic heterocycles. The van der Waals surface area contributed by atoms with E-state index in [1.807, 2.05) is 18.2 Å². The van der Waals surface area contributed by atoms with Crippen molar-refractivity contribution in [2.24, 2.45) is 5.92 Å². The molecular weight excluding hydrogens is 250 g/mol. The lowest BCUT2D eigenvalue weighted by atomic mass is 9.71. The maximum Gasteiger partial charge on any atom is 0.203 e. The Balaban J connectivity index is 1.60. The maximum absolute atomic E-state index is 10.7. The zero-order chi connectivity index (χ0) is 13.6. The van der Waals surface area contributed by atoms with E-state index in [0.717, 1.165) is 49.3 Å². The van der Waals surface area contributed by atoms with Gasteiger partial charge in [-0.15, -0.1) is 0 Å². The number of fused-ring (bicyclic) bond motifs is 2. The Kier molecular flexibility index (Phi) is 2.74. The first-order valence-electron chi connectivity index (χ1n) is 7.67. The van der Waals surface area contributed by atoms with Gasteiger partial charge in [0.15, 0.2) is 0 Å². The van der Waals surface area contributed by atoms with Crippen molar-refractivity contribution in [1.29, 1.82) is 0 Å². The smallest absolute Gasteiger partial charge is 0.203 e. The monoisotopic (exact) mass is 271 g/mol. The van der Waals surface area contributed by atoms with Gasteiger partial charge in [-0.05, 0) is 31.4 Å². The molecule has 20 heavy (non-hydrogen) atoms. The normalized spacial score (nSPS) is 30.4. The number of nitrogens with zero attached hydrogens (tertiary/aromatic N) is 2. The number of rotatable bonds is 1. The van der Waals surface area contributed by atoms with E-state index in [1.165, 1.54) is 12.8 Å². The lowest BCUT2D eigenvalue weighted by Crippen LogP contribution is -2.53. The highest BCUT2D eigenvalue weighted by atomic mass is 16.3. The predicted octanol–water partition coefficient (Wildman–Crippen LogP) is 2.69. The average molecular weight is 271 g/mol. The number of aromatic nitrogens is 2. The lowest BCUT2D eigenvalue weighted by molar-refractivity contribution is -0.0614. The van der Waals surface area contributed by atoms with E-state index in [4.69, 9.17) is 0 Å². The Morgan fingerprint density at radius 3 is 3.05 bits per heavy atom. The number of nitrogens with one attached hydrogen (secondary N) is 1. The van der Waals surface area contributed by atoms with Gasteiger partial charge in [-0.25, -0.2) is 4.98 Å². The minimum Gasteiger partial charge on any atom is -0.389 e. The molecule has 1 saturated carbocycles. The SMILES string of the molecule is OC12CCCCC1CN(c1nc3ccccc3[nH]1)CC2. The van der Waals surface area contributed by atoms with Crippen LogP contribution in [-0.4, -0.2) is 33.8 Å². The summed E-state index contributed by atoms with van der Waals surface area (Å²) in [5.41, 5.74) is 1.69. The van der Waals surface area contributed by atoms with Crippen LogP contribution in [0.15, 0.2) is 24.3 Å². The van der Waals surface area contributed by atoms with Crippen LogP contribution in [0, 0.1) is 5.92 Å². The fourth-order valence-electron chi connectivity index (χ4n) is 3.85. The highest BCUT2D eigenvalue weighted by Crippen LogP contribution is 2.40. The molecule has 2 N–H and O–H groups in total. The van der Waals surface area contributed by atoms with Crippen molar-refractivity contribution in [3.8, 4) is 0 Å². The van der Waals surface area contributed by atoms with Gasteiger partial charge in [0.25, 0.3) is 0 Å². The summed E-state index contributed by atoms with van der Waals surface area (Å²) in [6, 6.07) is 8.15. The number of hydrogen-bond acceptors (Lipinski definition) is 3. The third-order valence-corrected chi connectivity index (χ3v) is 5.10. The van der Waals surface area contributed by atoms with Gasteiger partial charge in [0.2, 0.25) is 5.95 Å². The Morgan fingerprint density at radius 2 is 2.15 bits per heavy atom. The van der Waals surface area contributed by atoms with Crippen LogP contribution >= 0.6 is 0 Å². The lowest BCUT2D eigenvalue weighted by Gasteiger charge is -2.47. The fraction of sp³-hybridized carbons (Fsp3) is 0.562. The molecule has 0 spiro atoms. The highest BCUT2D eigenvalue weighted by Gasteiger charge is 2.43. The summed E-state index contributed by atoms with van der Waals surface area (Å²) >= 11 is 0. The Morgan fingerprint density at radius 1 is 1.25 bits per heavy atom. The first-order chi connectivity index (χ1) is 9.74. The van der Waals surface area contributed by atoms with Crippen LogP contribution in [0.1, 0.15) is 32.1 Å². The van der Waals surface area contributed by atoms with Gasteiger partial charge in [-0.2, -0.15) is 0 Å². The van der Waals surface area contributed by atoms with Crippen LogP contribution < -0.4 is 4.90 Å². The van der Waals surface area contributed by atoms with Crippen molar-refractivity contribution in [1.82, 2.24) is 9.97 Å². The van der Waals surface area contributed by atoms with E-state index in [9.17, 15) is 5.11 Å². The molecule has 0 bridgehead atoms. The number of para-hydroxylation sites is 2. The van der Waals surface area contributed by atoms with Gasteiger partial charge in [0.05, 0.1) is 16.6 Å². The maximum atomic E-state index is 10.7. The molecule has 2 atom stereocenters. The molecule has 0 amide bonds. The van der Waals surface area contributed by atoms with Crippen molar-refractivity contribution in [3.63, 3.8) is 0 Å². The largest absolute Gasteiger partial charge is 0.389 e. The summed E-state index contributed by atoms with van der Waals surface area (Å²) in [6.07, 6.45) is 5.42. The first-order valence-corrected chi connectivity index (χ1v) is 7.67. The van der Waals surface area contributed by atoms with E-state index in [2.05, 4.69) is 20.9 Å². The molecule has 1 aromatic carbocycles. The van der Waals surface area contributed by atoms with E-state index in [1.54, 1.807) is 0 Å². The molecule has 4 rings (SSSR count). The first kappa shape index (κ1) is 12.2. The number of benzene rings is 1. The second-order valence-corrected chi connectivity index (χ2v) is 6.32. The summed E-state index contributed by atoms with van der Waals surface area (Å²) in [6.45, 7) is 1.82. The number of anilines is 1. The molecular formula is C16H21N3O. The summed E-state index contributed by atoms with van der Waals surface area (Å²) in [4.78, 5) is 10.4. The van der Waals surface area contributed by atoms with E-state index < -0.39 is 5.60 Å². The number of aliphatic hydroxyl groups is 1. The molecule has 106 valence electrons. The standard InChI is InChI=1S/C16H21N3O/c20-16-8-4-3-5-12(16)11-19(10-9-16)15-17-13-6-1-2-7-14(13)18-15/h1-2,6-7,12,20H,3-5,8-11H2,(H,17,18). The van der Waals surface area contributed by atoms with Crippen molar-refractivity contribution in [3.05, 3.63) is 24.3 Å². The zero-order valence-corrected chi connectivity index (χ0v) is 11.7. The van der Waals surface area contributed by atoms with Gasteiger partial charge >= 0.3 is 0 Å². The van der Waals surface area contributed by atoms with Gasteiger partial charge in [-0.3, -0.25) is 0 Å². The van der Waals surface area contributed by atoms with Crippen LogP contribution in [0.2, 0.25) is 0 Å². The average Bonchev–Trinajstić information content (AvgIpc) is 2.90. The van der Waals surface area contributed by atoms with Crippen LogP contribution in [0.3, 0.4) is 0 Å². The van der Waals surface area contributed by atoms with Gasteiger partial charge in [0.1, 0.15) is 0 Å². The molecule has 0 radical (unpaired) electrons. The summed E-state index contributed by atoms with van der Waals surface area (Å²) in [5.74, 6) is 1.36. The summed E-state index contributed by atoms with van der Waals surface area (Å²) in [5, 5.41) is 10.7. The minimum atomic E-state index is -0.416. The van der Waals surface area contributed by atoms with Crippen LogP contribution in [0.25, 0.3) is 11.0 Å². The molecule has 4 nitrogen and oxygen atoms in total. The molecule has 2 aromatic rings. The molecule has 4 heteroatoms. The molecule has 2 fully saturated rings.